The Morgan fingerprint density at radius 2 is 2.11 bits per heavy atom. The summed E-state index contributed by atoms with van der Waals surface area (Å²) in [7, 11) is 3.29. The van der Waals surface area contributed by atoms with Crippen LogP contribution in [0.1, 0.15) is 6.42 Å². The van der Waals surface area contributed by atoms with Crippen molar-refractivity contribution in [1.29, 1.82) is 0 Å². The average Bonchev–Trinajstić information content (AvgIpc) is 2.22. The van der Waals surface area contributed by atoms with Gasteiger partial charge in [-0.15, -0.1) is 12.4 Å². The molecule has 0 saturated carbocycles. The van der Waals surface area contributed by atoms with E-state index in [-0.39, 0.29) is 36.7 Å². The molecule has 106 valence electrons. The number of ether oxygens (including phenoxy) is 1. The second kappa shape index (κ2) is 9.13. The second-order valence-electron chi connectivity index (χ2n) is 4.25. The zero-order valence-corrected chi connectivity index (χ0v) is 11.7. The lowest BCUT2D eigenvalue weighted by molar-refractivity contribution is -0.139. The van der Waals surface area contributed by atoms with Crippen LogP contribution in [0.3, 0.4) is 0 Å². The van der Waals surface area contributed by atoms with Gasteiger partial charge >= 0.3 is 0 Å². The number of amides is 2. The van der Waals surface area contributed by atoms with Gasteiger partial charge in [-0.25, -0.2) is 0 Å². The van der Waals surface area contributed by atoms with Gasteiger partial charge in [-0.3, -0.25) is 9.59 Å². The van der Waals surface area contributed by atoms with E-state index in [1.807, 2.05) is 0 Å². The zero-order chi connectivity index (χ0) is 12.7. The van der Waals surface area contributed by atoms with Gasteiger partial charge in [-0.2, -0.15) is 0 Å². The molecule has 0 bridgehead atoms. The van der Waals surface area contributed by atoms with E-state index in [2.05, 4.69) is 10.6 Å². The lowest BCUT2D eigenvalue weighted by Gasteiger charge is -2.29. The molecule has 2 amide bonds. The monoisotopic (exact) mass is 279 g/mol. The number of hydrogen-bond donors (Lipinski definition) is 2. The Labute approximate surface area is 114 Å². The summed E-state index contributed by atoms with van der Waals surface area (Å²) in [6, 6.07) is 0. The average molecular weight is 280 g/mol. The highest BCUT2D eigenvalue weighted by atomic mass is 35.5. The Balaban J connectivity index is 0.00000289. The molecule has 0 spiro atoms. The number of halogens is 1. The Bertz CT molecular complexity index is 272. The fourth-order valence-corrected chi connectivity index (χ4v) is 1.57. The summed E-state index contributed by atoms with van der Waals surface area (Å²) in [5.41, 5.74) is 0. The Hall–Kier alpha value is -0.850. The fourth-order valence-electron chi connectivity index (χ4n) is 1.57. The van der Waals surface area contributed by atoms with Crippen LogP contribution < -0.4 is 10.6 Å². The topological polar surface area (TPSA) is 70.7 Å². The molecule has 2 N–H and O–H groups in total. The van der Waals surface area contributed by atoms with Crippen LogP contribution in [0.2, 0.25) is 0 Å². The number of likely N-dealkylation sites (N-methyl/N-ethyl adjacent to an activating group) is 1. The zero-order valence-electron chi connectivity index (χ0n) is 10.9. The maximum atomic E-state index is 11.7. The van der Waals surface area contributed by atoms with Gasteiger partial charge in [-0.05, 0) is 6.42 Å². The highest BCUT2D eigenvalue weighted by Crippen LogP contribution is 2.06. The molecule has 0 aromatic carbocycles. The number of methoxy groups -OCH3 is 1. The van der Waals surface area contributed by atoms with Crippen molar-refractivity contribution < 1.29 is 14.3 Å². The van der Waals surface area contributed by atoms with Gasteiger partial charge in [0.2, 0.25) is 11.8 Å². The number of rotatable bonds is 7. The molecule has 0 aromatic rings. The van der Waals surface area contributed by atoms with E-state index in [1.54, 1.807) is 14.2 Å². The predicted molar refractivity (Wildman–Crippen MR) is 70.7 cm³/mol. The van der Waals surface area contributed by atoms with E-state index >= 15 is 0 Å². The van der Waals surface area contributed by atoms with E-state index in [1.165, 1.54) is 4.90 Å². The minimum absolute atomic E-state index is 0. The lowest BCUT2D eigenvalue weighted by Crippen LogP contribution is -2.52. The first-order valence-corrected chi connectivity index (χ1v) is 5.86. The predicted octanol–water partition coefficient (Wildman–Crippen LogP) is -0.761. The van der Waals surface area contributed by atoms with Crippen LogP contribution in [0.15, 0.2) is 0 Å². The van der Waals surface area contributed by atoms with Gasteiger partial charge in [0.1, 0.15) is 0 Å². The lowest BCUT2D eigenvalue weighted by atomic mass is 10.0. The third-order valence-electron chi connectivity index (χ3n) is 2.74. The van der Waals surface area contributed by atoms with Crippen molar-refractivity contribution in [2.45, 2.75) is 6.42 Å². The third kappa shape index (κ3) is 5.66. The Kier molecular flexibility index (Phi) is 8.70. The molecule has 1 aliphatic rings. The largest absolute Gasteiger partial charge is 0.385 e. The minimum Gasteiger partial charge on any atom is -0.385 e. The minimum atomic E-state index is -0.121. The van der Waals surface area contributed by atoms with Gasteiger partial charge in [0.05, 0.1) is 12.5 Å². The van der Waals surface area contributed by atoms with Crippen LogP contribution in [0.25, 0.3) is 0 Å². The molecular formula is C11H22ClN3O3. The number of hydrogen-bond acceptors (Lipinski definition) is 4. The van der Waals surface area contributed by atoms with E-state index in [0.29, 0.717) is 13.2 Å². The highest BCUT2D eigenvalue weighted by Gasteiger charge is 2.28. The first-order valence-electron chi connectivity index (χ1n) is 5.86. The number of nitrogens with zero attached hydrogens (tertiary/aromatic N) is 1. The summed E-state index contributed by atoms with van der Waals surface area (Å²) in [6.07, 6.45) is 0.784. The van der Waals surface area contributed by atoms with E-state index in [9.17, 15) is 9.59 Å². The molecule has 7 heteroatoms. The van der Waals surface area contributed by atoms with Crippen molar-refractivity contribution in [2.75, 3.05) is 46.9 Å². The van der Waals surface area contributed by atoms with E-state index < -0.39 is 0 Å². The SMILES string of the molecule is COCCCNC(=O)CN(C)C(=O)C1CNC1.Cl. The van der Waals surface area contributed by atoms with Crippen LogP contribution >= 0.6 is 12.4 Å². The van der Waals surface area contributed by atoms with Crippen LogP contribution in [0.5, 0.6) is 0 Å². The van der Waals surface area contributed by atoms with Crippen LogP contribution in [0.4, 0.5) is 0 Å². The van der Waals surface area contributed by atoms with Crippen molar-refractivity contribution in [1.82, 2.24) is 15.5 Å². The van der Waals surface area contributed by atoms with Crippen molar-refractivity contribution >= 4 is 24.2 Å². The molecule has 0 atom stereocenters. The molecule has 0 unspecified atom stereocenters. The normalized spacial score (nSPS) is 14.3. The molecule has 1 rings (SSSR count). The number of carbonyl (C=O) groups is 2. The summed E-state index contributed by atoms with van der Waals surface area (Å²) in [5.74, 6) is -0.0404. The molecule has 1 saturated heterocycles. The quantitative estimate of drug-likeness (QED) is 0.601. The second-order valence-corrected chi connectivity index (χ2v) is 4.25. The highest BCUT2D eigenvalue weighted by molar-refractivity contribution is 5.86. The summed E-state index contributed by atoms with van der Waals surface area (Å²) in [4.78, 5) is 24.7. The standard InChI is InChI=1S/C11H21N3O3.ClH/c1-14(11(16)9-6-12-7-9)8-10(15)13-4-3-5-17-2;/h9,12H,3-8H2,1-2H3,(H,13,15);1H. The third-order valence-corrected chi connectivity index (χ3v) is 2.74. The summed E-state index contributed by atoms with van der Waals surface area (Å²) < 4.78 is 4.87. The fraction of sp³-hybridized carbons (Fsp3) is 0.818. The first-order chi connectivity index (χ1) is 8.15. The molecular weight excluding hydrogens is 258 g/mol. The van der Waals surface area contributed by atoms with Crippen molar-refractivity contribution in [2.24, 2.45) is 5.92 Å². The number of carbonyl (C=O) groups excluding carboxylic acids is 2. The molecule has 0 aliphatic carbocycles. The Morgan fingerprint density at radius 3 is 2.61 bits per heavy atom. The van der Waals surface area contributed by atoms with E-state index in [0.717, 1.165) is 19.5 Å². The van der Waals surface area contributed by atoms with Crippen LogP contribution in [-0.2, 0) is 14.3 Å². The van der Waals surface area contributed by atoms with Crippen molar-refractivity contribution in [3.63, 3.8) is 0 Å². The van der Waals surface area contributed by atoms with Crippen LogP contribution in [-0.4, -0.2) is 63.7 Å². The van der Waals surface area contributed by atoms with Crippen LogP contribution in [0, 0.1) is 5.92 Å². The summed E-state index contributed by atoms with van der Waals surface area (Å²) >= 11 is 0. The van der Waals surface area contributed by atoms with E-state index in [4.69, 9.17) is 4.74 Å². The first kappa shape index (κ1) is 17.2. The van der Waals surface area contributed by atoms with Crippen molar-refractivity contribution in [3.8, 4) is 0 Å². The maximum absolute atomic E-state index is 11.7. The Morgan fingerprint density at radius 1 is 1.44 bits per heavy atom. The molecule has 18 heavy (non-hydrogen) atoms. The summed E-state index contributed by atoms with van der Waals surface area (Å²) in [6.45, 7) is 2.78. The molecule has 6 nitrogen and oxygen atoms in total. The number of nitrogens with one attached hydrogen (secondary N) is 2. The van der Waals surface area contributed by atoms with Gasteiger partial charge < -0.3 is 20.3 Å². The van der Waals surface area contributed by atoms with Crippen molar-refractivity contribution in [3.05, 3.63) is 0 Å². The van der Waals surface area contributed by atoms with Gasteiger partial charge in [0.15, 0.2) is 0 Å². The molecule has 1 fully saturated rings. The molecule has 1 aliphatic heterocycles. The van der Waals surface area contributed by atoms with Gasteiger partial charge in [0, 0.05) is 40.4 Å². The molecule has 0 aromatic heterocycles. The molecule has 0 radical (unpaired) electrons. The summed E-state index contributed by atoms with van der Waals surface area (Å²) in [5, 5.41) is 5.79. The van der Waals surface area contributed by atoms with Gasteiger partial charge in [0.25, 0.3) is 0 Å². The molecule has 1 heterocycles. The maximum Gasteiger partial charge on any atom is 0.239 e. The van der Waals surface area contributed by atoms with Gasteiger partial charge in [-0.1, -0.05) is 0 Å². The smallest absolute Gasteiger partial charge is 0.239 e.